The highest BCUT2D eigenvalue weighted by atomic mass is 15.0. The number of aromatic nitrogens is 6. The Morgan fingerprint density at radius 2 is 0.800 bits per heavy atom. The highest BCUT2D eigenvalue weighted by Crippen LogP contribution is 2.44. The molecule has 0 aliphatic heterocycles. The van der Waals surface area contributed by atoms with Crippen molar-refractivity contribution in [1.29, 1.82) is 0 Å². The summed E-state index contributed by atoms with van der Waals surface area (Å²) in [5.74, 6) is 1.92. The van der Waals surface area contributed by atoms with Crippen molar-refractivity contribution in [2.75, 3.05) is 0 Å². The zero-order chi connectivity index (χ0) is 42.8. The minimum absolute atomic E-state index is 0.633. The van der Waals surface area contributed by atoms with Crippen molar-refractivity contribution in [2.24, 2.45) is 0 Å². The van der Waals surface area contributed by atoms with Crippen molar-refractivity contribution < 1.29 is 0 Å². The molecule has 0 fully saturated rings. The molecular weight excluding hydrogens is 793 g/mol. The van der Waals surface area contributed by atoms with Crippen LogP contribution in [0.4, 0.5) is 0 Å². The SMILES string of the molecule is c1ccc(-c2nc(-c3ccccc3)nc(-c3cccc(-c4ccc(-n5c6ccccc6c6ccc7c(c8ccc9c(ccn9-c9ccccc9)c8n7-c7ccccc7)c65)cc4)c3)n2)cc1. The Morgan fingerprint density at radius 3 is 1.49 bits per heavy atom. The molecule has 0 saturated heterocycles. The molecule has 304 valence electrons. The number of para-hydroxylation sites is 3. The summed E-state index contributed by atoms with van der Waals surface area (Å²) in [5.41, 5.74) is 14.3. The summed E-state index contributed by atoms with van der Waals surface area (Å²) in [6.45, 7) is 0. The van der Waals surface area contributed by atoms with Crippen LogP contribution in [0.25, 0.3) is 117 Å². The molecule has 0 amide bonds. The van der Waals surface area contributed by atoms with Gasteiger partial charge in [-0.2, -0.15) is 0 Å². The standard InChI is InChI=1S/C59H38N6/c1-5-16-40(17-6-1)57-60-58(41-18-7-2-8-19-41)62-59(61-57)43-21-15-20-42(38-43)39-28-30-46(31-29-39)64-52-27-14-13-26-47(52)48-32-35-53-54(56(48)64)50-33-34-51-49(36-37-63(51)44-22-9-3-10-23-44)55(50)65(53)45-24-11-4-12-25-45/h1-38H. The summed E-state index contributed by atoms with van der Waals surface area (Å²) in [4.78, 5) is 14.9. The summed E-state index contributed by atoms with van der Waals surface area (Å²) in [6, 6.07) is 79.4. The summed E-state index contributed by atoms with van der Waals surface area (Å²) in [6.07, 6.45) is 2.20. The first-order chi connectivity index (χ1) is 32.2. The lowest BCUT2D eigenvalue weighted by atomic mass is 10.0. The van der Waals surface area contributed by atoms with Crippen molar-refractivity contribution >= 4 is 54.5 Å². The van der Waals surface area contributed by atoms with Gasteiger partial charge in [0.2, 0.25) is 0 Å². The Kier molecular flexibility index (Phi) is 8.42. The van der Waals surface area contributed by atoms with Crippen LogP contribution in [0.15, 0.2) is 231 Å². The number of rotatable bonds is 7. The van der Waals surface area contributed by atoms with Gasteiger partial charge < -0.3 is 13.7 Å². The maximum Gasteiger partial charge on any atom is 0.164 e. The van der Waals surface area contributed by atoms with E-state index in [9.17, 15) is 0 Å². The van der Waals surface area contributed by atoms with Crippen LogP contribution in [-0.2, 0) is 0 Å². The van der Waals surface area contributed by atoms with Gasteiger partial charge in [-0.15, -0.1) is 0 Å². The lowest BCUT2D eigenvalue weighted by molar-refractivity contribution is 1.07. The van der Waals surface area contributed by atoms with Crippen molar-refractivity contribution in [3.8, 4) is 62.4 Å². The Bertz CT molecular complexity index is 3850. The van der Waals surface area contributed by atoms with Gasteiger partial charge in [0.1, 0.15) is 0 Å². The third-order valence-electron chi connectivity index (χ3n) is 12.7. The summed E-state index contributed by atoms with van der Waals surface area (Å²) in [5, 5.41) is 6.10. The first-order valence-electron chi connectivity index (χ1n) is 21.9. The van der Waals surface area contributed by atoms with E-state index in [0.29, 0.717) is 17.5 Å². The smallest absolute Gasteiger partial charge is 0.164 e. The Morgan fingerprint density at radius 1 is 0.277 bits per heavy atom. The third-order valence-corrected chi connectivity index (χ3v) is 12.7. The molecule has 0 N–H and O–H groups in total. The van der Waals surface area contributed by atoms with Crippen molar-refractivity contribution in [3.05, 3.63) is 231 Å². The van der Waals surface area contributed by atoms with Crippen LogP contribution >= 0.6 is 0 Å². The highest BCUT2D eigenvalue weighted by molar-refractivity contribution is 6.29. The van der Waals surface area contributed by atoms with Crippen LogP contribution in [-0.4, -0.2) is 28.7 Å². The minimum atomic E-state index is 0.633. The lowest BCUT2D eigenvalue weighted by Crippen LogP contribution is -2.00. The quantitative estimate of drug-likeness (QED) is 0.161. The van der Waals surface area contributed by atoms with Crippen LogP contribution in [0.3, 0.4) is 0 Å². The normalized spacial score (nSPS) is 11.7. The van der Waals surface area contributed by atoms with E-state index in [1.165, 1.54) is 54.5 Å². The van der Waals surface area contributed by atoms with Crippen LogP contribution in [0.1, 0.15) is 0 Å². The molecule has 13 aromatic rings. The average Bonchev–Trinajstić information content (AvgIpc) is 4.08. The van der Waals surface area contributed by atoms with Gasteiger partial charge in [0.25, 0.3) is 0 Å². The molecule has 0 radical (unpaired) electrons. The second kappa shape index (κ2) is 14.9. The molecule has 13 rings (SSSR count). The lowest BCUT2D eigenvalue weighted by Gasteiger charge is -2.12. The Labute approximate surface area is 374 Å². The first-order valence-corrected chi connectivity index (χ1v) is 21.9. The molecule has 6 nitrogen and oxygen atoms in total. The van der Waals surface area contributed by atoms with Gasteiger partial charge in [0.15, 0.2) is 17.5 Å². The van der Waals surface area contributed by atoms with Gasteiger partial charge in [-0.05, 0) is 83.9 Å². The van der Waals surface area contributed by atoms with Crippen LogP contribution in [0, 0.1) is 0 Å². The molecule has 0 atom stereocenters. The van der Waals surface area contributed by atoms with E-state index in [1.807, 2.05) is 60.7 Å². The predicted octanol–water partition coefficient (Wildman–Crippen LogP) is 14.7. The van der Waals surface area contributed by atoms with Crippen LogP contribution < -0.4 is 0 Å². The molecule has 65 heavy (non-hydrogen) atoms. The molecule has 6 heteroatoms. The van der Waals surface area contributed by atoms with Gasteiger partial charge in [0.05, 0.1) is 27.6 Å². The van der Waals surface area contributed by atoms with E-state index in [1.54, 1.807) is 0 Å². The van der Waals surface area contributed by atoms with Crippen molar-refractivity contribution in [2.45, 2.75) is 0 Å². The maximum absolute atomic E-state index is 5.01. The zero-order valence-corrected chi connectivity index (χ0v) is 35.1. The molecule has 0 spiro atoms. The van der Waals surface area contributed by atoms with Gasteiger partial charge in [-0.3, -0.25) is 0 Å². The molecule has 0 aliphatic rings. The molecule has 0 aliphatic carbocycles. The molecule has 0 bridgehead atoms. The highest BCUT2D eigenvalue weighted by Gasteiger charge is 2.23. The fraction of sp³-hybridized carbons (Fsp3) is 0. The Balaban J connectivity index is 0.980. The summed E-state index contributed by atoms with van der Waals surface area (Å²) < 4.78 is 7.21. The molecule has 4 heterocycles. The fourth-order valence-electron chi connectivity index (χ4n) is 9.77. The van der Waals surface area contributed by atoms with E-state index in [0.717, 1.165) is 44.9 Å². The second-order valence-electron chi connectivity index (χ2n) is 16.5. The largest absolute Gasteiger partial charge is 0.316 e. The molecule has 0 unspecified atom stereocenters. The van der Waals surface area contributed by atoms with E-state index < -0.39 is 0 Å². The second-order valence-corrected chi connectivity index (χ2v) is 16.5. The van der Waals surface area contributed by atoms with Gasteiger partial charge >= 0.3 is 0 Å². The minimum Gasteiger partial charge on any atom is -0.316 e. The van der Waals surface area contributed by atoms with Gasteiger partial charge in [0, 0.05) is 66.9 Å². The van der Waals surface area contributed by atoms with Crippen LogP contribution in [0.5, 0.6) is 0 Å². The molecular formula is C59H38N6. The summed E-state index contributed by atoms with van der Waals surface area (Å²) >= 11 is 0. The number of hydrogen-bond acceptors (Lipinski definition) is 3. The van der Waals surface area contributed by atoms with Crippen molar-refractivity contribution in [3.63, 3.8) is 0 Å². The number of hydrogen-bond donors (Lipinski definition) is 0. The van der Waals surface area contributed by atoms with Gasteiger partial charge in [-0.25, -0.2) is 15.0 Å². The van der Waals surface area contributed by atoms with Crippen molar-refractivity contribution in [1.82, 2.24) is 28.7 Å². The average molecular weight is 831 g/mol. The predicted molar refractivity (Wildman–Crippen MR) is 267 cm³/mol. The van der Waals surface area contributed by atoms with E-state index >= 15 is 0 Å². The monoisotopic (exact) mass is 830 g/mol. The molecule has 0 saturated carbocycles. The first kappa shape index (κ1) is 36.8. The molecule has 9 aromatic carbocycles. The van der Waals surface area contributed by atoms with Crippen LogP contribution in [0.2, 0.25) is 0 Å². The topological polar surface area (TPSA) is 53.5 Å². The number of fused-ring (bicyclic) bond motifs is 9. The number of benzene rings is 9. The van der Waals surface area contributed by atoms with E-state index in [4.69, 9.17) is 15.0 Å². The fourth-order valence-corrected chi connectivity index (χ4v) is 9.77. The summed E-state index contributed by atoms with van der Waals surface area (Å²) in [7, 11) is 0. The zero-order valence-electron chi connectivity index (χ0n) is 35.1. The molecule has 4 aromatic heterocycles. The Hall–Kier alpha value is -8.87. The van der Waals surface area contributed by atoms with Gasteiger partial charge in [-0.1, -0.05) is 152 Å². The number of nitrogens with zero attached hydrogens (tertiary/aromatic N) is 6. The third kappa shape index (κ3) is 5.99. The maximum atomic E-state index is 5.01. The van der Waals surface area contributed by atoms with E-state index in [-0.39, 0.29) is 0 Å². The van der Waals surface area contributed by atoms with E-state index in [2.05, 4.69) is 184 Å².